The maximum Gasteiger partial charge on any atom is 0.413 e. The van der Waals surface area contributed by atoms with E-state index in [1.165, 1.54) is 18.4 Å². The highest BCUT2D eigenvalue weighted by molar-refractivity contribution is 7.12. The van der Waals surface area contributed by atoms with Gasteiger partial charge < -0.3 is 15.4 Å². The molecule has 0 saturated carbocycles. The molecule has 0 aliphatic rings. The minimum atomic E-state index is -1.11. The molecule has 2 aromatic heterocycles. The number of carbonyl (C=O) groups excluding carboxylic acids is 1. The van der Waals surface area contributed by atoms with Crippen molar-refractivity contribution in [2.24, 2.45) is 0 Å². The first-order valence-electron chi connectivity index (χ1n) is 6.36. The van der Waals surface area contributed by atoms with Crippen LogP contribution in [-0.2, 0) is 0 Å². The number of nitrogens with one attached hydrogen (secondary N) is 2. The number of fused-ring (bicyclic) bond motifs is 1. The van der Waals surface area contributed by atoms with Crippen LogP contribution in [-0.4, -0.2) is 34.1 Å². The minimum Gasteiger partial charge on any atom is -0.465 e. The van der Waals surface area contributed by atoms with Crippen LogP contribution in [0.4, 0.5) is 16.4 Å². The lowest BCUT2D eigenvalue weighted by molar-refractivity contribution is 0.103. The van der Waals surface area contributed by atoms with Gasteiger partial charge in [-0.25, -0.2) is 9.78 Å². The zero-order chi connectivity index (χ0) is 15.7. The Bertz CT molecular complexity index is 841. The molecule has 1 aromatic carbocycles. The number of imidazole rings is 1. The summed E-state index contributed by atoms with van der Waals surface area (Å²) < 4.78 is 0. The lowest BCUT2D eigenvalue weighted by Gasteiger charge is -2.07. The molecular formula is C14H12N4O3S. The first-order chi connectivity index (χ1) is 10.5. The Balaban J connectivity index is 1.86. The number of H-pyrrole nitrogens is 1. The second-order valence-corrected chi connectivity index (χ2v) is 5.51. The molecule has 2 amide bonds. The molecule has 2 heterocycles. The SMILES string of the molecule is CN(C(=O)O)c1nc2ccc(NC(=O)c3cccs3)cc2[nH]1. The fourth-order valence-electron chi connectivity index (χ4n) is 1.92. The van der Waals surface area contributed by atoms with E-state index in [4.69, 9.17) is 5.11 Å². The predicted molar refractivity (Wildman–Crippen MR) is 84.8 cm³/mol. The topological polar surface area (TPSA) is 98.3 Å². The van der Waals surface area contributed by atoms with Crippen LogP contribution in [0.3, 0.4) is 0 Å². The maximum absolute atomic E-state index is 12.0. The van der Waals surface area contributed by atoms with E-state index in [0.29, 0.717) is 21.6 Å². The summed E-state index contributed by atoms with van der Waals surface area (Å²) in [6.07, 6.45) is -1.11. The molecule has 3 N–H and O–H groups in total. The minimum absolute atomic E-state index is 0.184. The van der Waals surface area contributed by atoms with Crippen LogP contribution in [0.25, 0.3) is 11.0 Å². The van der Waals surface area contributed by atoms with Gasteiger partial charge in [0.2, 0.25) is 5.95 Å². The fourth-order valence-corrected chi connectivity index (χ4v) is 2.54. The van der Waals surface area contributed by atoms with E-state index in [9.17, 15) is 9.59 Å². The van der Waals surface area contributed by atoms with Crippen molar-refractivity contribution in [2.75, 3.05) is 17.3 Å². The van der Waals surface area contributed by atoms with Crippen molar-refractivity contribution in [3.8, 4) is 0 Å². The van der Waals surface area contributed by atoms with E-state index in [-0.39, 0.29) is 11.9 Å². The second-order valence-electron chi connectivity index (χ2n) is 4.57. The third-order valence-corrected chi connectivity index (χ3v) is 3.95. The number of hydrogen-bond acceptors (Lipinski definition) is 4. The first kappa shape index (κ1) is 14.1. The van der Waals surface area contributed by atoms with Gasteiger partial charge >= 0.3 is 6.09 Å². The van der Waals surface area contributed by atoms with Gasteiger partial charge in [-0.2, -0.15) is 0 Å². The number of nitrogens with zero attached hydrogens (tertiary/aromatic N) is 2. The molecule has 0 aliphatic carbocycles. The number of amides is 2. The van der Waals surface area contributed by atoms with Crippen LogP contribution >= 0.6 is 11.3 Å². The van der Waals surface area contributed by atoms with Gasteiger partial charge in [-0.05, 0) is 29.6 Å². The van der Waals surface area contributed by atoms with Crippen LogP contribution in [0.2, 0.25) is 0 Å². The number of benzene rings is 1. The lowest BCUT2D eigenvalue weighted by atomic mass is 10.2. The molecule has 3 rings (SSSR count). The summed E-state index contributed by atoms with van der Waals surface area (Å²) in [5, 5.41) is 13.6. The van der Waals surface area contributed by atoms with Crippen LogP contribution in [0.1, 0.15) is 9.67 Å². The summed E-state index contributed by atoms with van der Waals surface area (Å²) >= 11 is 1.36. The van der Waals surface area contributed by atoms with Crippen molar-refractivity contribution in [3.63, 3.8) is 0 Å². The smallest absolute Gasteiger partial charge is 0.413 e. The molecule has 0 spiro atoms. The number of thiophene rings is 1. The van der Waals surface area contributed by atoms with Crippen LogP contribution < -0.4 is 10.2 Å². The highest BCUT2D eigenvalue weighted by Crippen LogP contribution is 2.21. The molecule has 112 valence electrons. The number of carbonyl (C=O) groups is 2. The predicted octanol–water partition coefficient (Wildman–Crippen LogP) is 2.99. The number of aromatic nitrogens is 2. The molecule has 3 aromatic rings. The molecule has 0 saturated heterocycles. The molecule has 0 aliphatic heterocycles. The van der Waals surface area contributed by atoms with Gasteiger partial charge in [-0.1, -0.05) is 6.07 Å². The zero-order valence-electron chi connectivity index (χ0n) is 11.5. The Labute approximate surface area is 129 Å². The van der Waals surface area contributed by atoms with Crippen molar-refractivity contribution in [3.05, 3.63) is 40.6 Å². The fraction of sp³-hybridized carbons (Fsp3) is 0.0714. The summed E-state index contributed by atoms with van der Waals surface area (Å²) in [6.45, 7) is 0. The van der Waals surface area contributed by atoms with Crippen molar-refractivity contribution in [1.82, 2.24) is 9.97 Å². The lowest BCUT2D eigenvalue weighted by Crippen LogP contribution is -2.24. The molecule has 0 bridgehead atoms. The van der Waals surface area contributed by atoms with Gasteiger partial charge in [0, 0.05) is 12.7 Å². The van der Waals surface area contributed by atoms with Gasteiger partial charge in [0.1, 0.15) is 0 Å². The quantitative estimate of drug-likeness (QED) is 0.691. The molecule has 0 fully saturated rings. The van der Waals surface area contributed by atoms with Gasteiger partial charge in [0.25, 0.3) is 5.91 Å². The molecule has 22 heavy (non-hydrogen) atoms. The van der Waals surface area contributed by atoms with Crippen molar-refractivity contribution in [2.45, 2.75) is 0 Å². The second kappa shape index (κ2) is 5.49. The first-order valence-corrected chi connectivity index (χ1v) is 7.24. The third-order valence-electron chi connectivity index (χ3n) is 3.08. The van der Waals surface area contributed by atoms with Gasteiger partial charge in [0.15, 0.2) is 0 Å². The Kier molecular flexibility index (Phi) is 3.51. The van der Waals surface area contributed by atoms with Crippen molar-refractivity contribution < 1.29 is 14.7 Å². The van der Waals surface area contributed by atoms with Gasteiger partial charge in [0.05, 0.1) is 15.9 Å². The number of aromatic amines is 1. The van der Waals surface area contributed by atoms with Gasteiger partial charge in [-0.15, -0.1) is 11.3 Å². The van der Waals surface area contributed by atoms with Crippen LogP contribution in [0.5, 0.6) is 0 Å². The molecule has 0 atom stereocenters. The molecule has 0 radical (unpaired) electrons. The number of hydrogen-bond donors (Lipinski definition) is 3. The Hall–Kier alpha value is -2.87. The summed E-state index contributed by atoms with van der Waals surface area (Å²) in [4.78, 5) is 31.6. The third kappa shape index (κ3) is 2.63. The standard InChI is InChI=1S/C14H12N4O3S/c1-18(14(20)21)13-16-9-5-4-8(7-10(9)17-13)15-12(19)11-3-2-6-22-11/h2-7H,1H3,(H,15,19)(H,16,17)(H,20,21). The average molecular weight is 316 g/mol. The monoisotopic (exact) mass is 316 g/mol. The molecule has 0 unspecified atom stereocenters. The van der Waals surface area contributed by atoms with E-state index < -0.39 is 6.09 Å². The summed E-state index contributed by atoms with van der Waals surface area (Å²) in [7, 11) is 1.40. The normalized spacial score (nSPS) is 10.6. The van der Waals surface area contributed by atoms with E-state index in [0.717, 1.165) is 4.90 Å². The van der Waals surface area contributed by atoms with E-state index in [1.54, 1.807) is 24.3 Å². The van der Waals surface area contributed by atoms with E-state index >= 15 is 0 Å². The molecule has 7 nitrogen and oxygen atoms in total. The van der Waals surface area contributed by atoms with Crippen LogP contribution in [0, 0.1) is 0 Å². The summed E-state index contributed by atoms with van der Waals surface area (Å²) in [6, 6.07) is 8.71. The average Bonchev–Trinajstić information content (AvgIpc) is 3.15. The number of anilines is 2. The summed E-state index contributed by atoms with van der Waals surface area (Å²) in [5.41, 5.74) is 1.88. The van der Waals surface area contributed by atoms with Crippen LogP contribution in [0.15, 0.2) is 35.7 Å². The molecular weight excluding hydrogens is 304 g/mol. The van der Waals surface area contributed by atoms with E-state index in [2.05, 4.69) is 15.3 Å². The highest BCUT2D eigenvalue weighted by atomic mass is 32.1. The molecule has 8 heteroatoms. The largest absolute Gasteiger partial charge is 0.465 e. The highest BCUT2D eigenvalue weighted by Gasteiger charge is 2.14. The Morgan fingerprint density at radius 3 is 2.86 bits per heavy atom. The number of carboxylic acid groups (broad SMARTS) is 1. The van der Waals surface area contributed by atoms with Gasteiger partial charge in [-0.3, -0.25) is 9.69 Å². The van der Waals surface area contributed by atoms with E-state index in [1.807, 2.05) is 11.4 Å². The maximum atomic E-state index is 12.0. The Morgan fingerprint density at radius 1 is 1.36 bits per heavy atom. The summed E-state index contributed by atoms with van der Waals surface area (Å²) in [5.74, 6) is 0.0426. The number of rotatable bonds is 3. The van der Waals surface area contributed by atoms with Crippen molar-refractivity contribution in [1.29, 1.82) is 0 Å². The van der Waals surface area contributed by atoms with Crippen molar-refractivity contribution >= 4 is 46.0 Å². The Morgan fingerprint density at radius 2 is 2.18 bits per heavy atom. The zero-order valence-corrected chi connectivity index (χ0v) is 12.3.